The molecule has 176 valence electrons. The third-order valence-corrected chi connectivity index (χ3v) is 5.06. The van der Waals surface area contributed by atoms with Gasteiger partial charge in [-0.25, -0.2) is 0 Å². The molecule has 0 heterocycles. The van der Waals surface area contributed by atoms with Crippen molar-refractivity contribution in [1.29, 1.82) is 5.26 Å². The zero-order valence-electron chi connectivity index (χ0n) is 18.5. The van der Waals surface area contributed by atoms with Gasteiger partial charge in [0.2, 0.25) is 6.10 Å². The van der Waals surface area contributed by atoms with Gasteiger partial charge in [-0.2, -0.15) is 14.0 Å². The lowest BCUT2D eigenvalue weighted by atomic mass is 10.1. The fourth-order valence-electron chi connectivity index (χ4n) is 2.88. The number of hydrogen-bond donors (Lipinski definition) is 0. The van der Waals surface area contributed by atoms with Crippen LogP contribution in [-0.2, 0) is 16.0 Å². The molecule has 0 aliphatic rings. The van der Waals surface area contributed by atoms with Crippen LogP contribution in [0.5, 0.6) is 17.2 Å². The summed E-state index contributed by atoms with van der Waals surface area (Å²) < 4.78 is 43.4. The third kappa shape index (κ3) is 6.69. The normalized spacial score (nSPS) is 12.0. The molecule has 0 bridgehead atoms. The Morgan fingerprint density at radius 3 is 2.38 bits per heavy atom. The van der Waals surface area contributed by atoms with Crippen LogP contribution in [0.4, 0.5) is 8.78 Å². The molecule has 0 saturated carbocycles. The molecule has 0 aliphatic heterocycles. The third-order valence-electron chi connectivity index (χ3n) is 4.77. The maximum Gasteiger partial charge on any atom is 0.400 e. The van der Waals surface area contributed by atoms with Crippen molar-refractivity contribution in [1.82, 2.24) is 0 Å². The second-order valence-corrected chi connectivity index (χ2v) is 8.15. The van der Waals surface area contributed by atoms with Crippen LogP contribution >= 0.6 is 11.6 Å². The van der Waals surface area contributed by atoms with Gasteiger partial charge in [0, 0.05) is 5.56 Å². The minimum absolute atomic E-state index is 0.0618. The molecule has 3 aromatic carbocycles. The summed E-state index contributed by atoms with van der Waals surface area (Å²) >= 11 is 6.06. The van der Waals surface area contributed by atoms with E-state index in [4.69, 9.17) is 25.8 Å². The number of rotatable bonds is 9. The summed E-state index contributed by atoms with van der Waals surface area (Å²) in [5.74, 6) is -0.806. The van der Waals surface area contributed by atoms with Crippen LogP contribution in [0.3, 0.4) is 0 Å². The molecule has 3 aromatic rings. The molecule has 0 spiro atoms. The fourth-order valence-corrected chi connectivity index (χ4v) is 3.12. The minimum atomic E-state index is -3.39. The number of para-hydroxylation sites is 1. The Labute approximate surface area is 201 Å². The van der Waals surface area contributed by atoms with E-state index >= 15 is 0 Å². The lowest BCUT2D eigenvalue weighted by Gasteiger charge is -2.22. The average molecular weight is 486 g/mol. The molecule has 0 amide bonds. The van der Waals surface area contributed by atoms with Gasteiger partial charge in [0.25, 0.3) is 0 Å². The Morgan fingerprint density at radius 2 is 1.74 bits per heavy atom. The van der Waals surface area contributed by atoms with Gasteiger partial charge >= 0.3 is 12.1 Å². The molecule has 0 radical (unpaired) electrons. The van der Waals surface area contributed by atoms with E-state index in [-0.39, 0.29) is 17.2 Å². The summed E-state index contributed by atoms with van der Waals surface area (Å²) in [6.07, 6.45) is -4.75. The molecular weight excluding hydrogens is 464 g/mol. The topological polar surface area (TPSA) is 68.5 Å². The van der Waals surface area contributed by atoms with E-state index in [0.29, 0.717) is 22.6 Å². The number of carbonyl (C=O) groups excluding carboxylic acids is 1. The number of benzene rings is 3. The Morgan fingerprint density at radius 1 is 1.03 bits per heavy atom. The largest absolute Gasteiger partial charge is 0.457 e. The zero-order chi connectivity index (χ0) is 24.7. The first-order valence-electron chi connectivity index (χ1n) is 10.4. The highest BCUT2D eigenvalue weighted by atomic mass is 35.5. The van der Waals surface area contributed by atoms with E-state index in [1.807, 2.05) is 24.3 Å². The van der Waals surface area contributed by atoms with Crippen molar-refractivity contribution in [3.63, 3.8) is 0 Å². The zero-order valence-corrected chi connectivity index (χ0v) is 19.3. The lowest BCUT2D eigenvalue weighted by Crippen LogP contribution is -2.31. The van der Waals surface area contributed by atoms with E-state index in [9.17, 15) is 18.8 Å². The minimum Gasteiger partial charge on any atom is -0.457 e. The van der Waals surface area contributed by atoms with E-state index in [1.54, 1.807) is 36.4 Å². The van der Waals surface area contributed by atoms with Crippen LogP contribution in [0.2, 0.25) is 5.02 Å². The molecule has 8 heteroatoms. The number of hydrogen-bond acceptors (Lipinski definition) is 5. The van der Waals surface area contributed by atoms with E-state index in [0.717, 1.165) is 0 Å². The van der Waals surface area contributed by atoms with Crippen molar-refractivity contribution in [3.8, 4) is 23.3 Å². The molecule has 34 heavy (non-hydrogen) atoms. The smallest absolute Gasteiger partial charge is 0.400 e. The lowest BCUT2D eigenvalue weighted by molar-refractivity contribution is -0.207. The number of ether oxygens (including phenoxy) is 3. The number of esters is 1. The quantitative estimate of drug-likeness (QED) is 0.302. The van der Waals surface area contributed by atoms with Gasteiger partial charge < -0.3 is 14.2 Å². The predicted octanol–water partition coefficient (Wildman–Crippen LogP) is 7.11. The van der Waals surface area contributed by atoms with Crippen molar-refractivity contribution in [2.75, 3.05) is 0 Å². The maximum absolute atomic E-state index is 13.8. The van der Waals surface area contributed by atoms with E-state index < -0.39 is 24.1 Å². The number of nitriles is 1. The Kier molecular flexibility index (Phi) is 8.08. The van der Waals surface area contributed by atoms with Gasteiger partial charge in [-0.15, -0.1) is 0 Å². The van der Waals surface area contributed by atoms with Gasteiger partial charge in [0.1, 0.15) is 23.3 Å². The van der Waals surface area contributed by atoms with Gasteiger partial charge in [-0.3, -0.25) is 4.79 Å². The Hall–Kier alpha value is -3.63. The standard InChI is InChI=1S/C26H22ClF2NO4/c1-17(2)26(28,29)34-23-12-11-18(13-22(23)27)14-25(31)33-24(16-30)19-7-6-10-21(15-19)32-20-8-4-3-5-9-20/h3-13,15,17,24H,14H2,1-2H3. The first kappa shape index (κ1) is 25.0. The molecule has 0 fully saturated rings. The summed E-state index contributed by atoms with van der Waals surface area (Å²) in [5, 5.41) is 9.47. The van der Waals surface area contributed by atoms with Crippen molar-refractivity contribution >= 4 is 17.6 Å². The van der Waals surface area contributed by atoms with Crippen LogP contribution in [0, 0.1) is 17.2 Å². The van der Waals surface area contributed by atoms with Gasteiger partial charge in [0.05, 0.1) is 17.4 Å². The van der Waals surface area contributed by atoms with Gasteiger partial charge in [0.15, 0.2) is 0 Å². The predicted molar refractivity (Wildman–Crippen MR) is 123 cm³/mol. The Balaban J connectivity index is 1.65. The van der Waals surface area contributed by atoms with Gasteiger partial charge in [-0.05, 0) is 42.0 Å². The molecule has 5 nitrogen and oxygen atoms in total. The van der Waals surface area contributed by atoms with Crippen molar-refractivity contribution in [2.24, 2.45) is 5.92 Å². The molecule has 0 aliphatic carbocycles. The van der Waals surface area contributed by atoms with E-state index in [2.05, 4.69) is 0 Å². The monoisotopic (exact) mass is 485 g/mol. The van der Waals surface area contributed by atoms with Crippen molar-refractivity contribution < 1.29 is 27.8 Å². The molecule has 0 N–H and O–H groups in total. The van der Waals surface area contributed by atoms with Gasteiger partial charge in [-0.1, -0.05) is 61.8 Å². The number of nitrogens with zero attached hydrogens (tertiary/aromatic N) is 1. The summed E-state index contributed by atoms with van der Waals surface area (Å²) in [6.45, 7) is 2.65. The summed E-state index contributed by atoms with van der Waals surface area (Å²) in [6, 6.07) is 21.8. The van der Waals surface area contributed by atoms with Crippen molar-refractivity contribution in [2.45, 2.75) is 32.5 Å². The highest BCUT2D eigenvalue weighted by Crippen LogP contribution is 2.34. The number of carbonyl (C=O) groups is 1. The SMILES string of the molecule is CC(C)C(F)(F)Oc1ccc(CC(=O)OC(C#N)c2cccc(Oc3ccccc3)c2)cc1Cl. The van der Waals surface area contributed by atoms with Crippen LogP contribution in [-0.4, -0.2) is 12.1 Å². The number of halogens is 3. The molecule has 1 unspecified atom stereocenters. The maximum atomic E-state index is 13.8. The Bertz CT molecular complexity index is 1180. The van der Waals surface area contributed by atoms with E-state index in [1.165, 1.54) is 32.0 Å². The van der Waals surface area contributed by atoms with Crippen molar-refractivity contribution in [3.05, 3.63) is 88.9 Å². The van der Waals surface area contributed by atoms with Crippen LogP contribution in [0.15, 0.2) is 72.8 Å². The highest BCUT2D eigenvalue weighted by molar-refractivity contribution is 6.32. The second-order valence-electron chi connectivity index (χ2n) is 7.75. The molecule has 0 saturated heterocycles. The first-order chi connectivity index (χ1) is 16.2. The molecular formula is C26H22ClF2NO4. The molecule has 3 rings (SSSR count). The summed E-state index contributed by atoms with van der Waals surface area (Å²) in [5.41, 5.74) is 0.870. The number of alkyl halides is 2. The molecule has 1 atom stereocenters. The van der Waals surface area contributed by atoms with Crippen LogP contribution in [0.1, 0.15) is 31.1 Å². The molecule has 0 aromatic heterocycles. The second kappa shape index (κ2) is 11.0. The first-order valence-corrected chi connectivity index (χ1v) is 10.8. The van der Waals surface area contributed by atoms with Crippen LogP contribution < -0.4 is 9.47 Å². The highest BCUT2D eigenvalue weighted by Gasteiger charge is 2.36. The fraction of sp³-hybridized carbons (Fsp3) is 0.231. The summed E-state index contributed by atoms with van der Waals surface area (Å²) in [7, 11) is 0. The summed E-state index contributed by atoms with van der Waals surface area (Å²) in [4.78, 5) is 12.4. The average Bonchev–Trinajstić information content (AvgIpc) is 2.80. The van der Waals surface area contributed by atoms with Crippen LogP contribution in [0.25, 0.3) is 0 Å².